The average Bonchev–Trinajstić information content (AvgIpc) is 2.56. The second-order valence-corrected chi connectivity index (χ2v) is 5.83. The number of ether oxygens (including phenoxy) is 1. The maximum atomic E-state index is 12.1. The van der Waals surface area contributed by atoms with E-state index in [1.165, 1.54) is 0 Å². The standard InChI is InChI=1S/C19H25N3O2/c1-4-5-11-21-19(23)15-10-12-20-18(13-15)22-16-8-6-7-9-17(16)24-14(2)3/h6-10,12-14H,4-5,11H2,1-3H3,(H,20,22)(H,21,23). The van der Waals surface area contributed by atoms with E-state index in [1.54, 1.807) is 18.3 Å². The molecule has 5 nitrogen and oxygen atoms in total. The van der Waals surface area contributed by atoms with Crippen molar-refractivity contribution in [3.63, 3.8) is 0 Å². The number of unbranched alkanes of at least 4 members (excludes halogenated alkanes) is 1. The normalized spacial score (nSPS) is 10.5. The van der Waals surface area contributed by atoms with Gasteiger partial charge in [0.2, 0.25) is 0 Å². The third-order valence-corrected chi connectivity index (χ3v) is 3.35. The second-order valence-electron chi connectivity index (χ2n) is 5.83. The Balaban J connectivity index is 2.11. The molecule has 2 rings (SSSR count). The van der Waals surface area contributed by atoms with Crippen LogP contribution in [0.2, 0.25) is 0 Å². The number of rotatable bonds is 8. The second kappa shape index (κ2) is 8.91. The fourth-order valence-corrected chi connectivity index (χ4v) is 2.19. The molecule has 0 aliphatic carbocycles. The number of nitrogens with zero attached hydrogens (tertiary/aromatic N) is 1. The van der Waals surface area contributed by atoms with E-state index in [1.807, 2.05) is 38.1 Å². The van der Waals surface area contributed by atoms with Crippen molar-refractivity contribution in [2.75, 3.05) is 11.9 Å². The summed E-state index contributed by atoms with van der Waals surface area (Å²) in [6, 6.07) is 11.1. The number of benzene rings is 1. The van der Waals surface area contributed by atoms with E-state index in [-0.39, 0.29) is 12.0 Å². The minimum Gasteiger partial charge on any atom is -0.489 e. The van der Waals surface area contributed by atoms with Crippen LogP contribution < -0.4 is 15.4 Å². The van der Waals surface area contributed by atoms with Gasteiger partial charge in [0.25, 0.3) is 5.91 Å². The van der Waals surface area contributed by atoms with Gasteiger partial charge >= 0.3 is 0 Å². The van der Waals surface area contributed by atoms with Crippen LogP contribution in [0.1, 0.15) is 44.0 Å². The summed E-state index contributed by atoms with van der Waals surface area (Å²) in [6.45, 7) is 6.75. The Morgan fingerprint density at radius 2 is 2.04 bits per heavy atom. The van der Waals surface area contributed by atoms with Crippen LogP contribution in [0.4, 0.5) is 11.5 Å². The van der Waals surface area contributed by atoms with Gasteiger partial charge in [0.05, 0.1) is 11.8 Å². The van der Waals surface area contributed by atoms with Gasteiger partial charge < -0.3 is 15.4 Å². The highest BCUT2D eigenvalue weighted by molar-refractivity contribution is 5.94. The van der Waals surface area contributed by atoms with E-state index in [9.17, 15) is 4.79 Å². The lowest BCUT2D eigenvalue weighted by Gasteiger charge is -2.15. The van der Waals surface area contributed by atoms with Crippen molar-refractivity contribution >= 4 is 17.4 Å². The van der Waals surface area contributed by atoms with Gasteiger partial charge in [0.1, 0.15) is 11.6 Å². The summed E-state index contributed by atoms with van der Waals surface area (Å²) in [6.07, 6.45) is 3.73. The third kappa shape index (κ3) is 5.26. The molecule has 0 saturated heterocycles. The number of pyridine rings is 1. The summed E-state index contributed by atoms with van der Waals surface area (Å²) in [5, 5.41) is 6.13. The molecule has 0 atom stereocenters. The molecular weight excluding hydrogens is 302 g/mol. The van der Waals surface area contributed by atoms with Crippen LogP contribution in [0.15, 0.2) is 42.6 Å². The molecule has 2 N–H and O–H groups in total. The van der Waals surface area contributed by atoms with Crippen LogP contribution in [0.3, 0.4) is 0 Å². The van der Waals surface area contributed by atoms with Gasteiger partial charge in [-0.15, -0.1) is 0 Å². The van der Waals surface area contributed by atoms with E-state index >= 15 is 0 Å². The zero-order valence-electron chi connectivity index (χ0n) is 14.5. The number of amides is 1. The Morgan fingerprint density at radius 3 is 2.79 bits per heavy atom. The van der Waals surface area contributed by atoms with E-state index in [0.29, 0.717) is 17.9 Å². The lowest BCUT2D eigenvalue weighted by atomic mass is 10.2. The highest BCUT2D eigenvalue weighted by Crippen LogP contribution is 2.27. The molecule has 1 amide bonds. The summed E-state index contributed by atoms with van der Waals surface area (Å²) in [5.74, 6) is 1.28. The van der Waals surface area contributed by atoms with Crippen LogP contribution in [-0.2, 0) is 0 Å². The van der Waals surface area contributed by atoms with Gasteiger partial charge in [-0.05, 0) is 44.5 Å². The first kappa shape index (κ1) is 17.8. The van der Waals surface area contributed by atoms with Gasteiger partial charge in [0.15, 0.2) is 0 Å². The highest BCUT2D eigenvalue weighted by Gasteiger charge is 2.09. The first-order valence-electron chi connectivity index (χ1n) is 8.37. The molecule has 0 bridgehead atoms. The molecule has 1 heterocycles. The minimum atomic E-state index is -0.0828. The van der Waals surface area contributed by atoms with Crippen LogP contribution in [-0.4, -0.2) is 23.5 Å². The smallest absolute Gasteiger partial charge is 0.251 e. The first-order chi connectivity index (χ1) is 11.6. The van der Waals surface area contributed by atoms with Crippen molar-refractivity contribution in [3.05, 3.63) is 48.2 Å². The molecule has 5 heteroatoms. The van der Waals surface area contributed by atoms with Crippen molar-refractivity contribution in [2.45, 2.75) is 39.7 Å². The molecule has 0 aliphatic rings. The molecule has 1 aromatic carbocycles. The maximum absolute atomic E-state index is 12.1. The molecular formula is C19H25N3O2. The van der Waals surface area contributed by atoms with Gasteiger partial charge in [0, 0.05) is 18.3 Å². The molecule has 0 saturated carbocycles. The maximum Gasteiger partial charge on any atom is 0.251 e. The zero-order valence-corrected chi connectivity index (χ0v) is 14.5. The molecule has 0 radical (unpaired) electrons. The summed E-state index contributed by atoms with van der Waals surface area (Å²) in [5.41, 5.74) is 1.41. The number of aromatic nitrogens is 1. The summed E-state index contributed by atoms with van der Waals surface area (Å²) >= 11 is 0. The number of nitrogens with one attached hydrogen (secondary N) is 2. The molecule has 0 spiro atoms. The molecule has 0 fully saturated rings. The van der Waals surface area contributed by atoms with Crippen LogP contribution in [0, 0.1) is 0 Å². The van der Waals surface area contributed by atoms with E-state index in [0.717, 1.165) is 24.3 Å². The lowest BCUT2D eigenvalue weighted by Crippen LogP contribution is -2.24. The fraction of sp³-hybridized carbons (Fsp3) is 0.368. The van der Waals surface area contributed by atoms with Crippen molar-refractivity contribution < 1.29 is 9.53 Å². The van der Waals surface area contributed by atoms with Crippen LogP contribution in [0.5, 0.6) is 5.75 Å². The van der Waals surface area contributed by atoms with Crippen LogP contribution in [0.25, 0.3) is 0 Å². The fourth-order valence-electron chi connectivity index (χ4n) is 2.19. The number of para-hydroxylation sites is 2. The van der Waals surface area contributed by atoms with Gasteiger partial charge in [-0.2, -0.15) is 0 Å². The molecule has 2 aromatic rings. The van der Waals surface area contributed by atoms with Crippen molar-refractivity contribution in [3.8, 4) is 5.75 Å². The van der Waals surface area contributed by atoms with Gasteiger partial charge in [-0.25, -0.2) is 4.98 Å². The molecule has 128 valence electrons. The Morgan fingerprint density at radius 1 is 1.25 bits per heavy atom. The van der Waals surface area contributed by atoms with Crippen molar-refractivity contribution in [1.82, 2.24) is 10.3 Å². The summed E-state index contributed by atoms with van der Waals surface area (Å²) < 4.78 is 5.79. The zero-order chi connectivity index (χ0) is 17.4. The summed E-state index contributed by atoms with van der Waals surface area (Å²) in [4.78, 5) is 16.4. The molecule has 0 unspecified atom stereocenters. The predicted molar refractivity (Wildman–Crippen MR) is 97.0 cm³/mol. The van der Waals surface area contributed by atoms with Gasteiger partial charge in [-0.1, -0.05) is 25.5 Å². The summed E-state index contributed by atoms with van der Waals surface area (Å²) in [7, 11) is 0. The van der Waals surface area contributed by atoms with E-state index in [4.69, 9.17) is 4.74 Å². The third-order valence-electron chi connectivity index (χ3n) is 3.35. The molecule has 24 heavy (non-hydrogen) atoms. The quantitative estimate of drug-likeness (QED) is 0.715. The molecule has 0 aliphatic heterocycles. The van der Waals surface area contributed by atoms with Crippen molar-refractivity contribution in [1.29, 1.82) is 0 Å². The SMILES string of the molecule is CCCCNC(=O)c1ccnc(Nc2ccccc2OC(C)C)c1. The number of carbonyl (C=O) groups is 1. The largest absolute Gasteiger partial charge is 0.489 e. The Kier molecular flexibility index (Phi) is 6.61. The Labute approximate surface area is 143 Å². The van der Waals surface area contributed by atoms with Crippen LogP contribution >= 0.6 is 0 Å². The molecule has 1 aromatic heterocycles. The Hall–Kier alpha value is -2.56. The van der Waals surface area contributed by atoms with E-state index in [2.05, 4.69) is 22.5 Å². The van der Waals surface area contributed by atoms with Crippen molar-refractivity contribution in [2.24, 2.45) is 0 Å². The minimum absolute atomic E-state index is 0.0802. The number of carbonyl (C=O) groups excluding carboxylic acids is 1. The predicted octanol–water partition coefficient (Wildman–Crippen LogP) is 4.14. The number of hydrogen-bond donors (Lipinski definition) is 2. The number of anilines is 2. The average molecular weight is 327 g/mol. The number of hydrogen-bond acceptors (Lipinski definition) is 4. The lowest BCUT2D eigenvalue weighted by molar-refractivity contribution is 0.0953. The topological polar surface area (TPSA) is 63.2 Å². The Bertz CT molecular complexity index is 671. The monoisotopic (exact) mass is 327 g/mol. The first-order valence-corrected chi connectivity index (χ1v) is 8.37. The van der Waals surface area contributed by atoms with Gasteiger partial charge in [-0.3, -0.25) is 4.79 Å². The highest BCUT2D eigenvalue weighted by atomic mass is 16.5. The van der Waals surface area contributed by atoms with E-state index < -0.39 is 0 Å².